The van der Waals surface area contributed by atoms with Crippen LogP contribution in [0.1, 0.15) is 22.8 Å². The monoisotopic (exact) mass is 400 g/mol. The summed E-state index contributed by atoms with van der Waals surface area (Å²) in [5.74, 6) is -0.664. The highest BCUT2D eigenvalue weighted by atomic mass is 19.1. The van der Waals surface area contributed by atoms with Gasteiger partial charge in [-0.25, -0.2) is 4.39 Å². The Morgan fingerprint density at radius 3 is 2.55 bits per heavy atom. The van der Waals surface area contributed by atoms with Gasteiger partial charge in [-0.15, -0.1) is 0 Å². The second-order valence-corrected chi connectivity index (χ2v) is 7.13. The van der Waals surface area contributed by atoms with E-state index < -0.39 is 5.82 Å². The molecule has 1 fully saturated rings. The van der Waals surface area contributed by atoms with E-state index >= 15 is 0 Å². The summed E-state index contributed by atoms with van der Waals surface area (Å²) in [5.41, 5.74) is 2.27. The zero-order valence-electron chi connectivity index (χ0n) is 16.8. The summed E-state index contributed by atoms with van der Waals surface area (Å²) in [6.45, 7) is 4.82. The maximum Gasteiger partial charge on any atom is 0.279 e. The second-order valence-electron chi connectivity index (χ2n) is 7.13. The van der Waals surface area contributed by atoms with Gasteiger partial charge in [0.1, 0.15) is 0 Å². The Morgan fingerprint density at radius 1 is 1.17 bits per heavy atom. The van der Waals surface area contributed by atoms with E-state index in [2.05, 4.69) is 12.2 Å². The third kappa shape index (κ3) is 5.12. The Bertz CT molecular complexity index is 879. The number of para-hydroxylation sites is 1. The highest BCUT2D eigenvalue weighted by Gasteiger charge is 2.26. The molecule has 0 radical (unpaired) electrons. The molecule has 0 aliphatic carbocycles. The lowest BCUT2D eigenvalue weighted by Gasteiger charge is -2.32. The van der Waals surface area contributed by atoms with Crippen molar-refractivity contribution < 1.29 is 23.6 Å². The number of amides is 2. The van der Waals surface area contributed by atoms with E-state index in [0.29, 0.717) is 38.3 Å². The first-order valence-corrected chi connectivity index (χ1v) is 9.86. The molecule has 2 amide bonds. The van der Waals surface area contributed by atoms with Crippen LogP contribution in [0, 0.1) is 5.82 Å². The number of hydrogen-bond donors (Lipinski definition) is 2. The summed E-state index contributed by atoms with van der Waals surface area (Å²) in [6, 6.07) is 12.0. The van der Waals surface area contributed by atoms with Crippen molar-refractivity contribution in [3.8, 4) is 5.75 Å². The molecule has 29 heavy (non-hydrogen) atoms. The number of nitrogens with one attached hydrogen (secondary N) is 2. The number of rotatable bonds is 6. The van der Waals surface area contributed by atoms with Crippen LogP contribution in [0.4, 0.5) is 10.1 Å². The predicted octanol–water partition coefficient (Wildman–Crippen LogP) is 1.38. The van der Waals surface area contributed by atoms with Crippen molar-refractivity contribution >= 4 is 17.5 Å². The average molecular weight is 400 g/mol. The van der Waals surface area contributed by atoms with Crippen molar-refractivity contribution in [3.05, 3.63) is 59.4 Å². The van der Waals surface area contributed by atoms with E-state index in [1.165, 1.54) is 19.2 Å². The third-order valence-electron chi connectivity index (χ3n) is 5.24. The Labute approximate surface area is 170 Å². The summed E-state index contributed by atoms with van der Waals surface area (Å²) in [7, 11) is 1.39. The molecule has 0 atom stereocenters. The molecule has 1 aliphatic rings. The summed E-state index contributed by atoms with van der Waals surface area (Å²) in [5, 5.41) is 2.99. The number of aryl methyl sites for hydroxylation is 1. The summed E-state index contributed by atoms with van der Waals surface area (Å²) in [4.78, 5) is 27.9. The minimum Gasteiger partial charge on any atom is -0.494 e. The molecule has 6 nitrogen and oxygen atoms in total. The fraction of sp³-hybridized carbons (Fsp3) is 0.364. The van der Waals surface area contributed by atoms with Crippen LogP contribution < -0.4 is 15.0 Å². The third-order valence-corrected chi connectivity index (χ3v) is 5.24. The van der Waals surface area contributed by atoms with Crippen LogP contribution in [0.5, 0.6) is 5.75 Å². The number of benzene rings is 2. The minimum absolute atomic E-state index is 0.0297. The van der Waals surface area contributed by atoms with Crippen LogP contribution in [-0.2, 0) is 11.2 Å². The smallest absolute Gasteiger partial charge is 0.279 e. The summed E-state index contributed by atoms with van der Waals surface area (Å²) < 4.78 is 18.8. The Hall–Kier alpha value is -2.93. The van der Waals surface area contributed by atoms with Gasteiger partial charge in [0, 0.05) is 11.3 Å². The van der Waals surface area contributed by atoms with Gasteiger partial charge in [0.05, 0.1) is 33.3 Å². The first-order chi connectivity index (χ1) is 14.0. The van der Waals surface area contributed by atoms with Crippen molar-refractivity contribution in [2.75, 3.05) is 45.2 Å². The lowest BCUT2D eigenvalue weighted by atomic mass is 10.1. The topological polar surface area (TPSA) is 63.1 Å². The molecule has 1 heterocycles. The number of quaternary nitrogens is 1. The summed E-state index contributed by atoms with van der Waals surface area (Å²) >= 11 is 0. The molecule has 0 spiro atoms. The van der Waals surface area contributed by atoms with Crippen LogP contribution in [0.3, 0.4) is 0 Å². The lowest BCUT2D eigenvalue weighted by molar-refractivity contribution is -0.895. The Balaban J connectivity index is 1.51. The number of anilines is 1. The zero-order chi connectivity index (χ0) is 20.8. The number of halogens is 1. The number of carbonyl (C=O) groups is 2. The largest absolute Gasteiger partial charge is 0.494 e. The van der Waals surface area contributed by atoms with Crippen molar-refractivity contribution in [1.82, 2.24) is 4.90 Å². The second kappa shape index (κ2) is 9.52. The fourth-order valence-electron chi connectivity index (χ4n) is 3.56. The highest BCUT2D eigenvalue weighted by Crippen LogP contribution is 2.19. The number of nitrogens with zero attached hydrogens (tertiary/aromatic N) is 1. The van der Waals surface area contributed by atoms with E-state index in [-0.39, 0.29) is 17.6 Å². The number of carbonyl (C=O) groups excluding carboxylic acids is 2. The fourth-order valence-corrected chi connectivity index (χ4v) is 3.56. The molecule has 2 aromatic carbocycles. The Kier molecular flexibility index (Phi) is 6.82. The molecule has 0 bridgehead atoms. The van der Waals surface area contributed by atoms with Gasteiger partial charge < -0.3 is 19.9 Å². The van der Waals surface area contributed by atoms with Crippen LogP contribution >= 0.6 is 0 Å². The van der Waals surface area contributed by atoms with Crippen molar-refractivity contribution in [2.24, 2.45) is 0 Å². The van der Waals surface area contributed by atoms with Crippen LogP contribution in [0.25, 0.3) is 0 Å². The van der Waals surface area contributed by atoms with E-state index in [1.54, 1.807) is 11.0 Å². The number of methoxy groups -OCH3 is 1. The summed E-state index contributed by atoms with van der Waals surface area (Å²) in [6.07, 6.45) is 0.857. The molecule has 1 saturated heterocycles. The minimum atomic E-state index is -0.549. The molecule has 2 N–H and O–H groups in total. The van der Waals surface area contributed by atoms with Crippen molar-refractivity contribution in [1.29, 1.82) is 0 Å². The van der Waals surface area contributed by atoms with Gasteiger partial charge in [-0.2, -0.15) is 0 Å². The molecule has 7 heteroatoms. The maximum atomic E-state index is 13.9. The van der Waals surface area contributed by atoms with E-state index in [4.69, 9.17) is 4.74 Å². The molecular formula is C22H27FN3O3+. The van der Waals surface area contributed by atoms with Gasteiger partial charge in [-0.3, -0.25) is 9.59 Å². The number of ether oxygens (including phenoxy) is 1. The molecule has 0 saturated carbocycles. The average Bonchev–Trinajstić information content (AvgIpc) is 2.74. The molecule has 1 aliphatic heterocycles. The molecule has 2 aromatic rings. The van der Waals surface area contributed by atoms with Crippen LogP contribution in [-0.4, -0.2) is 56.5 Å². The quantitative estimate of drug-likeness (QED) is 0.770. The first kappa shape index (κ1) is 20.8. The van der Waals surface area contributed by atoms with Crippen LogP contribution in [0.2, 0.25) is 0 Å². The van der Waals surface area contributed by atoms with E-state index in [9.17, 15) is 14.0 Å². The maximum absolute atomic E-state index is 13.9. The molecule has 0 unspecified atom stereocenters. The first-order valence-electron chi connectivity index (χ1n) is 9.86. The molecule has 0 aromatic heterocycles. The van der Waals surface area contributed by atoms with Crippen LogP contribution in [0.15, 0.2) is 42.5 Å². The lowest BCUT2D eigenvalue weighted by Crippen LogP contribution is -3.15. The van der Waals surface area contributed by atoms with Crippen molar-refractivity contribution in [2.45, 2.75) is 13.3 Å². The SMILES string of the molecule is CCc1ccccc1NC(=O)C[NH+]1CCN(C(=O)c2ccc(OC)c(F)c2)CC1. The molecule has 3 rings (SSSR count). The van der Waals surface area contributed by atoms with Gasteiger partial charge in [0.15, 0.2) is 18.1 Å². The molecular weight excluding hydrogens is 373 g/mol. The van der Waals surface area contributed by atoms with E-state index in [1.807, 2.05) is 24.3 Å². The molecule has 154 valence electrons. The standard InChI is InChI=1S/C22H26FN3O3/c1-3-16-6-4-5-7-19(16)24-21(27)15-25-10-12-26(13-11-25)22(28)17-8-9-20(29-2)18(23)14-17/h4-9,14H,3,10-13,15H2,1-2H3,(H,24,27)/p+1. The van der Waals surface area contributed by atoms with Gasteiger partial charge in [-0.1, -0.05) is 25.1 Å². The Morgan fingerprint density at radius 2 is 1.90 bits per heavy atom. The van der Waals surface area contributed by atoms with Gasteiger partial charge in [0.2, 0.25) is 0 Å². The van der Waals surface area contributed by atoms with Gasteiger partial charge >= 0.3 is 0 Å². The number of piperazine rings is 1. The predicted molar refractivity (Wildman–Crippen MR) is 109 cm³/mol. The highest BCUT2D eigenvalue weighted by molar-refractivity contribution is 5.94. The zero-order valence-corrected chi connectivity index (χ0v) is 16.8. The normalized spacial score (nSPS) is 14.5. The number of hydrogen-bond acceptors (Lipinski definition) is 3. The van der Waals surface area contributed by atoms with Crippen molar-refractivity contribution in [3.63, 3.8) is 0 Å². The van der Waals surface area contributed by atoms with Gasteiger partial charge in [0.25, 0.3) is 11.8 Å². The van der Waals surface area contributed by atoms with E-state index in [0.717, 1.165) is 22.6 Å². The van der Waals surface area contributed by atoms with Gasteiger partial charge in [-0.05, 0) is 36.2 Å².